The third-order valence-corrected chi connectivity index (χ3v) is 17.6. The van der Waals surface area contributed by atoms with Crippen LogP contribution in [0, 0.1) is 0 Å². The summed E-state index contributed by atoms with van der Waals surface area (Å²) in [6.07, 6.45) is 40.6. The fourth-order valence-corrected chi connectivity index (χ4v) is 14.1. The van der Waals surface area contributed by atoms with Gasteiger partial charge in [0.05, 0.1) is 0 Å². The van der Waals surface area contributed by atoms with E-state index in [-0.39, 0.29) is 0 Å². The van der Waals surface area contributed by atoms with Crippen molar-refractivity contribution in [3.05, 3.63) is 120 Å². The van der Waals surface area contributed by atoms with Gasteiger partial charge in [-0.05, 0) is 87.5 Å². The summed E-state index contributed by atoms with van der Waals surface area (Å²) in [7, 11) is -0.849. The largest absolute Gasteiger partial charge is 0.363 e. The summed E-state index contributed by atoms with van der Waals surface area (Å²) >= 11 is 0. The lowest BCUT2D eigenvalue weighted by atomic mass is 10.0. The van der Waals surface area contributed by atoms with Crippen molar-refractivity contribution in [1.82, 2.24) is 0 Å². The van der Waals surface area contributed by atoms with Crippen LogP contribution in [-0.4, -0.2) is 25.1 Å². The van der Waals surface area contributed by atoms with Crippen LogP contribution >= 0.6 is 15.8 Å². The summed E-state index contributed by atoms with van der Waals surface area (Å²) in [5, 5.41) is 3.03. The molecule has 0 saturated carbocycles. The van der Waals surface area contributed by atoms with Gasteiger partial charge < -0.3 is 9.80 Å². The van der Waals surface area contributed by atoms with E-state index in [1.165, 1.54) is 200 Å². The van der Waals surface area contributed by atoms with Crippen molar-refractivity contribution in [2.45, 2.75) is 181 Å². The smallest absolute Gasteiger partial charge is 0.0438 e. The van der Waals surface area contributed by atoms with Gasteiger partial charge in [0.2, 0.25) is 0 Å². The molecule has 0 N–H and O–H groups in total. The van der Waals surface area contributed by atoms with E-state index in [2.05, 4.69) is 133 Å². The molecule has 4 aromatic rings. The van der Waals surface area contributed by atoms with Crippen LogP contribution in [0.4, 0.5) is 11.4 Å². The Hall–Kier alpha value is -2.66. The molecule has 0 spiro atoms. The first-order valence-electron chi connectivity index (χ1n) is 25.0. The molecule has 1 fully saturated rings. The van der Waals surface area contributed by atoms with Gasteiger partial charge in [0.1, 0.15) is 0 Å². The summed E-state index contributed by atoms with van der Waals surface area (Å²) in [5.74, 6) is 0. The van der Waals surface area contributed by atoms with Gasteiger partial charge in [0.15, 0.2) is 0 Å². The molecule has 5 rings (SSSR count). The molecule has 1 aliphatic heterocycles. The first-order valence-corrected chi connectivity index (χ1v) is 28.4. The Bertz CT molecular complexity index is 1470. The molecule has 328 valence electrons. The quantitative estimate of drug-likeness (QED) is 0.0381. The first kappa shape index (κ1) is 48.4. The van der Waals surface area contributed by atoms with E-state index in [0.717, 1.165) is 25.1 Å². The van der Waals surface area contributed by atoms with Gasteiger partial charge in [0, 0.05) is 36.5 Å². The van der Waals surface area contributed by atoms with Crippen LogP contribution in [-0.2, 0) is 12.8 Å². The third kappa shape index (κ3) is 18.8. The summed E-state index contributed by atoms with van der Waals surface area (Å²) in [6, 6.07) is 42.4. The average Bonchev–Trinajstić information content (AvgIpc) is 3.28. The molecule has 1 heterocycles. The predicted molar refractivity (Wildman–Crippen MR) is 273 cm³/mol. The summed E-state index contributed by atoms with van der Waals surface area (Å²) in [6.45, 7) is 4.62. The zero-order chi connectivity index (χ0) is 41.7. The van der Waals surface area contributed by atoms with E-state index in [9.17, 15) is 0 Å². The zero-order valence-electron chi connectivity index (χ0n) is 38.4. The Morgan fingerprint density at radius 2 is 0.583 bits per heavy atom. The standard InChI is InChI=1S/C56H84N2P2/c1-3-5-7-9-11-13-15-17-19-21-23-27-33-51-39-43-53(44-40-51)57-47-59(55-35-29-25-30-36-55)49-58(50-60(48-57)56-37-31-26-32-38-56)54-45-41-52(42-46-54)34-28-24-22-20-18-16-14-12-10-8-6-4-2/h25-26,29-32,35-46H,3-24,27-28,33-34,47-50H2,1-2H3. The maximum atomic E-state index is 2.76. The minimum atomic E-state index is -0.425. The van der Waals surface area contributed by atoms with Crippen LogP contribution in [0.25, 0.3) is 0 Å². The molecule has 0 amide bonds. The van der Waals surface area contributed by atoms with Crippen molar-refractivity contribution in [2.75, 3.05) is 34.9 Å². The molecule has 0 bridgehead atoms. The normalized spacial score (nSPS) is 15.9. The molecule has 1 saturated heterocycles. The molecular formula is C56H84N2P2. The van der Waals surface area contributed by atoms with E-state index >= 15 is 0 Å². The SMILES string of the molecule is CCCCCCCCCCCCCCc1ccc(N2CP(c3ccccc3)CN(c3ccc(CCCCCCCCCCCCCC)cc3)CP(c3ccccc3)C2)cc1. The number of unbranched alkanes of at least 4 members (excludes halogenated alkanes) is 22. The van der Waals surface area contributed by atoms with Crippen molar-refractivity contribution in [1.29, 1.82) is 0 Å². The second-order valence-electron chi connectivity index (χ2n) is 18.0. The Morgan fingerprint density at radius 1 is 0.317 bits per heavy atom. The van der Waals surface area contributed by atoms with E-state index < -0.39 is 15.8 Å². The molecule has 0 radical (unpaired) electrons. The number of aryl methyl sites for hydroxylation is 2. The average molecular weight is 847 g/mol. The highest BCUT2D eigenvalue weighted by Crippen LogP contribution is 2.48. The molecule has 60 heavy (non-hydrogen) atoms. The van der Waals surface area contributed by atoms with Crippen molar-refractivity contribution in [3.63, 3.8) is 0 Å². The van der Waals surface area contributed by atoms with Crippen molar-refractivity contribution < 1.29 is 0 Å². The van der Waals surface area contributed by atoms with Gasteiger partial charge in [-0.1, -0.05) is 240 Å². The summed E-state index contributed by atoms with van der Waals surface area (Å²) in [4.78, 5) is 5.53. The van der Waals surface area contributed by atoms with Gasteiger partial charge in [0.25, 0.3) is 0 Å². The third-order valence-electron chi connectivity index (χ3n) is 12.8. The number of rotatable bonds is 30. The van der Waals surface area contributed by atoms with Crippen LogP contribution in [0.1, 0.15) is 179 Å². The minimum Gasteiger partial charge on any atom is -0.363 e. The van der Waals surface area contributed by atoms with Gasteiger partial charge >= 0.3 is 0 Å². The fraction of sp³-hybridized carbons (Fsp3) is 0.571. The molecule has 0 atom stereocenters. The molecule has 2 nitrogen and oxygen atoms in total. The number of hydrogen-bond donors (Lipinski definition) is 0. The van der Waals surface area contributed by atoms with Crippen LogP contribution in [0.3, 0.4) is 0 Å². The monoisotopic (exact) mass is 847 g/mol. The van der Waals surface area contributed by atoms with Gasteiger partial charge in [-0.2, -0.15) is 0 Å². The van der Waals surface area contributed by atoms with E-state index in [1.807, 2.05) is 0 Å². The minimum absolute atomic E-state index is 0.425. The maximum Gasteiger partial charge on any atom is 0.0438 e. The molecule has 0 aliphatic carbocycles. The van der Waals surface area contributed by atoms with E-state index in [1.54, 1.807) is 0 Å². The van der Waals surface area contributed by atoms with Crippen LogP contribution in [0.2, 0.25) is 0 Å². The van der Waals surface area contributed by atoms with Crippen molar-refractivity contribution >= 4 is 37.8 Å². The molecule has 4 heteroatoms. The van der Waals surface area contributed by atoms with Gasteiger partial charge in [-0.3, -0.25) is 0 Å². The van der Waals surface area contributed by atoms with Gasteiger partial charge in [-0.25, -0.2) is 0 Å². The van der Waals surface area contributed by atoms with Crippen LogP contribution in [0.5, 0.6) is 0 Å². The summed E-state index contributed by atoms with van der Waals surface area (Å²) in [5.41, 5.74) is 5.80. The number of benzene rings is 4. The summed E-state index contributed by atoms with van der Waals surface area (Å²) < 4.78 is 0. The van der Waals surface area contributed by atoms with Gasteiger partial charge in [-0.15, -0.1) is 0 Å². The van der Waals surface area contributed by atoms with Crippen LogP contribution in [0.15, 0.2) is 109 Å². The second kappa shape index (κ2) is 30.4. The number of nitrogens with zero attached hydrogens (tertiary/aromatic N) is 2. The van der Waals surface area contributed by atoms with Crippen LogP contribution < -0.4 is 20.4 Å². The highest BCUT2D eigenvalue weighted by molar-refractivity contribution is 7.67. The molecule has 0 unspecified atom stereocenters. The highest BCUT2D eigenvalue weighted by atomic mass is 31.1. The molecule has 0 aromatic heterocycles. The highest BCUT2D eigenvalue weighted by Gasteiger charge is 2.28. The maximum absolute atomic E-state index is 2.76. The lowest BCUT2D eigenvalue weighted by Crippen LogP contribution is -2.38. The van der Waals surface area contributed by atoms with E-state index in [4.69, 9.17) is 0 Å². The van der Waals surface area contributed by atoms with Crippen molar-refractivity contribution in [3.8, 4) is 0 Å². The molecular weight excluding hydrogens is 763 g/mol. The predicted octanol–water partition coefficient (Wildman–Crippen LogP) is 16.9. The molecule has 1 aliphatic rings. The lowest BCUT2D eigenvalue weighted by molar-refractivity contribution is 0.544. The topological polar surface area (TPSA) is 6.48 Å². The molecule has 4 aromatic carbocycles. The fourth-order valence-electron chi connectivity index (χ4n) is 9.02. The Morgan fingerprint density at radius 3 is 0.867 bits per heavy atom. The zero-order valence-corrected chi connectivity index (χ0v) is 40.2. The Kier molecular flexibility index (Phi) is 24.5. The Labute approximate surface area is 372 Å². The van der Waals surface area contributed by atoms with Crippen molar-refractivity contribution in [2.24, 2.45) is 0 Å². The Balaban J connectivity index is 1.14. The first-order chi connectivity index (χ1) is 29.7. The number of anilines is 2. The lowest BCUT2D eigenvalue weighted by Gasteiger charge is -2.41. The second-order valence-corrected chi connectivity index (χ2v) is 22.3. The number of hydrogen-bond acceptors (Lipinski definition) is 2. The van der Waals surface area contributed by atoms with E-state index in [0.29, 0.717) is 0 Å².